The topological polar surface area (TPSA) is 94.2 Å². The Labute approximate surface area is 166 Å². The van der Waals surface area contributed by atoms with Gasteiger partial charge in [-0.2, -0.15) is 0 Å². The highest BCUT2D eigenvalue weighted by Crippen LogP contribution is 2.17. The third-order valence-electron chi connectivity index (χ3n) is 5.98. The molecular formula is C19H33N5O4. The molecule has 9 nitrogen and oxygen atoms in total. The quantitative estimate of drug-likeness (QED) is 0.659. The van der Waals surface area contributed by atoms with E-state index in [-0.39, 0.29) is 23.9 Å². The largest absolute Gasteiger partial charge is 0.378 e. The second-order valence-electron chi connectivity index (χ2n) is 7.93. The second-order valence-corrected chi connectivity index (χ2v) is 7.93. The summed E-state index contributed by atoms with van der Waals surface area (Å²) in [6, 6.07) is -0.569. The average Bonchev–Trinajstić information content (AvgIpc) is 3.21. The van der Waals surface area contributed by atoms with E-state index in [1.54, 1.807) is 0 Å². The summed E-state index contributed by atoms with van der Waals surface area (Å²) in [6.45, 7) is 7.68. The molecule has 2 saturated heterocycles. The lowest BCUT2D eigenvalue weighted by atomic mass is 10.2. The first-order valence-electron chi connectivity index (χ1n) is 10.5. The summed E-state index contributed by atoms with van der Waals surface area (Å²) < 4.78 is 5.29. The van der Waals surface area contributed by atoms with Gasteiger partial charge in [0.15, 0.2) is 0 Å². The number of amides is 4. The van der Waals surface area contributed by atoms with Gasteiger partial charge >= 0.3 is 6.03 Å². The van der Waals surface area contributed by atoms with Crippen LogP contribution in [0.15, 0.2) is 0 Å². The van der Waals surface area contributed by atoms with E-state index in [0.29, 0.717) is 45.9 Å². The Hall–Kier alpha value is -1.71. The molecular weight excluding hydrogens is 362 g/mol. The van der Waals surface area contributed by atoms with Gasteiger partial charge in [-0.15, -0.1) is 0 Å². The van der Waals surface area contributed by atoms with Crippen LogP contribution in [0.25, 0.3) is 0 Å². The van der Waals surface area contributed by atoms with Crippen LogP contribution in [0.2, 0.25) is 0 Å². The lowest BCUT2D eigenvalue weighted by Gasteiger charge is -2.38. The van der Waals surface area contributed by atoms with Gasteiger partial charge in [-0.3, -0.25) is 24.7 Å². The summed E-state index contributed by atoms with van der Waals surface area (Å²) in [4.78, 5) is 42.8. The fourth-order valence-corrected chi connectivity index (χ4v) is 4.09. The summed E-state index contributed by atoms with van der Waals surface area (Å²) in [5, 5.41) is 5.35. The molecule has 1 atom stereocenters. The Kier molecular flexibility index (Phi) is 7.64. The van der Waals surface area contributed by atoms with Crippen LogP contribution in [0.5, 0.6) is 0 Å². The van der Waals surface area contributed by atoms with E-state index in [4.69, 9.17) is 4.74 Å². The number of hydrogen-bond donors (Lipinski definition) is 2. The number of piperazine rings is 1. The molecule has 0 bridgehead atoms. The molecule has 158 valence electrons. The van der Waals surface area contributed by atoms with Crippen molar-refractivity contribution in [1.29, 1.82) is 0 Å². The van der Waals surface area contributed by atoms with Gasteiger partial charge in [0.25, 0.3) is 0 Å². The van der Waals surface area contributed by atoms with Crippen molar-refractivity contribution < 1.29 is 19.1 Å². The minimum absolute atomic E-state index is 0.145. The van der Waals surface area contributed by atoms with Crippen molar-refractivity contribution >= 4 is 17.8 Å². The summed E-state index contributed by atoms with van der Waals surface area (Å²) in [5.41, 5.74) is 0. The maximum atomic E-state index is 12.4. The number of rotatable bonds is 5. The van der Waals surface area contributed by atoms with Gasteiger partial charge in [-0.1, -0.05) is 12.8 Å². The zero-order chi connectivity index (χ0) is 19.9. The SMILES string of the molecule is C[C@H](C(=O)NC(=O)NC1CCCC1)N1CCN(CC(=O)N2CCOCC2)CC1. The highest BCUT2D eigenvalue weighted by Gasteiger charge is 2.28. The van der Waals surface area contributed by atoms with Gasteiger partial charge in [0.05, 0.1) is 25.8 Å². The molecule has 2 aliphatic heterocycles. The third kappa shape index (κ3) is 5.89. The molecule has 0 aromatic rings. The number of nitrogens with zero attached hydrogens (tertiary/aromatic N) is 3. The molecule has 2 N–H and O–H groups in total. The van der Waals surface area contributed by atoms with Gasteiger partial charge in [0, 0.05) is 45.3 Å². The second kappa shape index (κ2) is 10.2. The van der Waals surface area contributed by atoms with Crippen molar-refractivity contribution in [2.45, 2.75) is 44.7 Å². The smallest absolute Gasteiger partial charge is 0.321 e. The van der Waals surface area contributed by atoms with Gasteiger partial charge in [-0.25, -0.2) is 4.79 Å². The fourth-order valence-electron chi connectivity index (χ4n) is 4.09. The van der Waals surface area contributed by atoms with Gasteiger partial charge in [-0.05, 0) is 19.8 Å². The zero-order valence-corrected chi connectivity index (χ0v) is 16.8. The molecule has 0 aromatic heterocycles. The van der Waals surface area contributed by atoms with Crippen LogP contribution in [0, 0.1) is 0 Å². The number of nitrogens with one attached hydrogen (secondary N) is 2. The third-order valence-corrected chi connectivity index (χ3v) is 5.98. The standard InChI is InChI=1S/C19H33N5O4/c1-15(18(26)21-19(27)20-16-4-2-3-5-16)23-8-6-22(7-9-23)14-17(25)24-10-12-28-13-11-24/h15-16H,2-14H2,1H3,(H2,20,21,26,27)/t15-/m1/s1. The van der Waals surface area contributed by atoms with Crippen LogP contribution in [-0.2, 0) is 14.3 Å². The van der Waals surface area contributed by atoms with Crippen LogP contribution in [0.4, 0.5) is 4.79 Å². The van der Waals surface area contributed by atoms with Gasteiger partial charge in [0.1, 0.15) is 0 Å². The number of morpholine rings is 1. The molecule has 4 amide bonds. The highest BCUT2D eigenvalue weighted by atomic mass is 16.5. The van der Waals surface area contributed by atoms with Crippen molar-refractivity contribution in [2.24, 2.45) is 0 Å². The molecule has 0 spiro atoms. The van der Waals surface area contributed by atoms with E-state index in [9.17, 15) is 14.4 Å². The molecule has 3 rings (SSSR count). The van der Waals surface area contributed by atoms with Gasteiger partial charge < -0.3 is 15.0 Å². The molecule has 28 heavy (non-hydrogen) atoms. The molecule has 1 aliphatic carbocycles. The number of imide groups is 1. The summed E-state index contributed by atoms with van der Waals surface area (Å²) in [6.07, 6.45) is 4.24. The van der Waals surface area contributed by atoms with E-state index in [2.05, 4.69) is 20.4 Å². The maximum absolute atomic E-state index is 12.4. The molecule has 3 fully saturated rings. The number of carbonyl (C=O) groups excluding carboxylic acids is 3. The minimum Gasteiger partial charge on any atom is -0.378 e. The van der Waals surface area contributed by atoms with Crippen molar-refractivity contribution in [3.05, 3.63) is 0 Å². The van der Waals surface area contributed by atoms with Crippen LogP contribution in [0.3, 0.4) is 0 Å². The first-order chi connectivity index (χ1) is 13.5. The molecule has 2 heterocycles. The Bertz CT molecular complexity index is 553. The summed E-state index contributed by atoms with van der Waals surface area (Å²) in [7, 11) is 0. The van der Waals surface area contributed by atoms with Crippen molar-refractivity contribution in [2.75, 3.05) is 59.0 Å². The molecule has 1 saturated carbocycles. The highest BCUT2D eigenvalue weighted by molar-refractivity contribution is 5.96. The summed E-state index contributed by atoms with van der Waals surface area (Å²) >= 11 is 0. The summed E-state index contributed by atoms with van der Waals surface area (Å²) in [5.74, 6) is -0.125. The lowest BCUT2D eigenvalue weighted by molar-refractivity contribution is -0.137. The fraction of sp³-hybridized carbons (Fsp3) is 0.842. The van der Waals surface area contributed by atoms with Gasteiger partial charge in [0.2, 0.25) is 11.8 Å². The van der Waals surface area contributed by atoms with Crippen LogP contribution in [-0.4, -0.2) is 104 Å². The monoisotopic (exact) mass is 395 g/mol. The average molecular weight is 396 g/mol. The number of hydrogen-bond acceptors (Lipinski definition) is 6. The predicted molar refractivity (Wildman–Crippen MR) is 104 cm³/mol. The maximum Gasteiger partial charge on any atom is 0.321 e. The Morgan fingerprint density at radius 3 is 2.29 bits per heavy atom. The Morgan fingerprint density at radius 1 is 1.00 bits per heavy atom. The van der Waals surface area contributed by atoms with Crippen molar-refractivity contribution in [1.82, 2.24) is 25.3 Å². The zero-order valence-electron chi connectivity index (χ0n) is 16.8. The molecule has 0 unspecified atom stereocenters. The van der Waals surface area contributed by atoms with Crippen LogP contribution >= 0.6 is 0 Å². The Balaban J connectivity index is 1.36. The lowest BCUT2D eigenvalue weighted by Crippen LogP contribution is -2.57. The molecule has 9 heteroatoms. The first-order valence-corrected chi connectivity index (χ1v) is 10.5. The Morgan fingerprint density at radius 2 is 1.64 bits per heavy atom. The van der Waals surface area contributed by atoms with E-state index in [1.165, 1.54) is 0 Å². The van der Waals surface area contributed by atoms with E-state index in [1.807, 2.05) is 11.8 Å². The van der Waals surface area contributed by atoms with E-state index >= 15 is 0 Å². The van der Waals surface area contributed by atoms with Crippen LogP contribution in [0.1, 0.15) is 32.6 Å². The minimum atomic E-state index is -0.390. The number of carbonyl (C=O) groups is 3. The first kappa shape index (κ1) is 21.0. The normalized spacial score (nSPS) is 23.4. The van der Waals surface area contributed by atoms with E-state index in [0.717, 1.165) is 38.8 Å². The number of urea groups is 1. The molecule has 0 radical (unpaired) electrons. The van der Waals surface area contributed by atoms with Crippen LogP contribution < -0.4 is 10.6 Å². The van der Waals surface area contributed by atoms with Crippen molar-refractivity contribution in [3.63, 3.8) is 0 Å². The van der Waals surface area contributed by atoms with E-state index < -0.39 is 6.03 Å². The molecule has 0 aromatic carbocycles. The van der Waals surface area contributed by atoms with Crippen molar-refractivity contribution in [3.8, 4) is 0 Å². The molecule has 3 aliphatic rings. The predicted octanol–water partition coefficient (Wildman–Crippen LogP) is -0.380. The number of ether oxygens (including phenoxy) is 1.